The minimum Gasteiger partial charge on any atom is -0.497 e. The van der Waals surface area contributed by atoms with E-state index in [9.17, 15) is 0 Å². The van der Waals surface area contributed by atoms with Gasteiger partial charge in [-0.25, -0.2) is 0 Å². The van der Waals surface area contributed by atoms with Crippen molar-refractivity contribution in [2.24, 2.45) is 5.92 Å². The zero-order valence-electron chi connectivity index (χ0n) is 12.7. The highest BCUT2D eigenvalue weighted by Crippen LogP contribution is 2.28. The van der Waals surface area contributed by atoms with Gasteiger partial charge in [-0.3, -0.25) is 0 Å². The van der Waals surface area contributed by atoms with Gasteiger partial charge in [-0.1, -0.05) is 25.4 Å². The zero-order valence-corrected chi connectivity index (χ0v) is 13.4. The van der Waals surface area contributed by atoms with Crippen molar-refractivity contribution in [3.05, 3.63) is 23.2 Å². The Labute approximate surface area is 127 Å². The normalized spacial score (nSPS) is 17.4. The maximum absolute atomic E-state index is 6.24. The van der Waals surface area contributed by atoms with Crippen molar-refractivity contribution in [2.75, 3.05) is 32.1 Å². The molecule has 1 aromatic rings. The lowest BCUT2D eigenvalue weighted by Crippen LogP contribution is -2.40. The van der Waals surface area contributed by atoms with Crippen LogP contribution >= 0.6 is 11.6 Å². The van der Waals surface area contributed by atoms with E-state index in [4.69, 9.17) is 16.3 Å². The van der Waals surface area contributed by atoms with Crippen molar-refractivity contribution in [3.8, 4) is 5.75 Å². The van der Waals surface area contributed by atoms with Crippen LogP contribution in [0.25, 0.3) is 0 Å². The largest absolute Gasteiger partial charge is 0.497 e. The number of nitrogens with zero attached hydrogens (tertiary/aromatic N) is 1. The summed E-state index contributed by atoms with van der Waals surface area (Å²) in [5, 5.41) is 4.32. The van der Waals surface area contributed by atoms with Gasteiger partial charge in [0.2, 0.25) is 0 Å². The second kappa shape index (κ2) is 7.19. The van der Waals surface area contributed by atoms with Crippen molar-refractivity contribution in [3.63, 3.8) is 0 Å². The fourth-order valence-corrected chi connectivity index (χ4v) is 2.91. The first-order valence-electron chi connectivity index (χ1n) is 7.41. The van der Waals surface area contributed by atoms with Crippen LogP contribution in [0.15, 0.2) is 18.2 Å². The molecule has 1 fully saturated rings. The number of anilines is 1. The average Bonchev–Trinajstić information content (AvgIpc) is 2.43. The van der Waals surface area contributed by atoms with Gasteiger partial charge < -0.3 is 15.0 Å². The lowest BCUT2D eigenvalue weighted by Gasteiger charge is -2.34. The van der Waals surface area contributed by atoms with E-state index in [0.29, 0.717) is 6.04 Å². The highest BCUT2D eigenvalue weighted by atomic mass is 35.5. The Morgan fingerprint density at radius 1 is 1.35 bits per heavy atom. The van der Waals surface area contributed by atoms with Crippen LogP contribution in [0.3, 0.4) is 0 Å². The van der Waals surface area contributed by atoms with E-state index >= 15 is 0 Å². The Kier molecular flexibility index (Phi) is 5.55. The molecule has 1 aliphatic rings. The van der Waals surface area contributed by atoms with Gasteiger partial charge in [-0.15, -0.1) is 0 Å². The number of rotatable bonds is 5. The summed E-state index contributed by atoms with van der Waals surface area (Å²) in [5.41, 5.74) is 0.980. The second-order valence-electron chi connectivity index (χ2n) is 5.96. The lowest BCUT2D eigenvalue weighted by molar-refractivity contribution is 0.198. The molecule has 0 unspecified atom stereocenters. The Hall–Kier alpha value is -0.930. The molecule has 1 aliphatic heterocycles. The van der Waals surface area contributed by atoms with Gasteiger partial charge >= 0.3 is 0 Å². The molecule has 0 amide bonds. The molecule has 1 saturated heterocycles. The van der Waals surface area contributed by atoms with E-state index in [0.717, 1.165) is 35.5 Å². The monoisotopic (exact) mass is 296 g/mol. The standard InChI is InChI=1S/C16H25ClN2O/c1-12(2)11-19-8-6-13(7-9-19)18-16-10-14(20-3)4-5-15(16)17/h4-5,10,12-13,18H,6-9,11H2,1-3H3. The molecule has 0 bridgehead atoms. The van der Waals surface area contributed by atoms with E-state index in [-0.39, 0.29) is 0 Å². The van der Waals surface area contributed by atoms with Crippen LogP contribution in [-0.4, -0.2) is 37.7 Å². The predicted octanol–water partition coefficient (Wildman–Crippen LogP) is 3.88. The molecule has 0 aromatic heterocycles. The van der Waals surface area contributed by atoms with Crippen LogP contribution in [-0.2, 0) is 0 Å². The zero-order chi connectivity index (χ0) is 14.5. The fraction of sp³-hybridized carbons (Fsp3) is 0.625. The molecular weight excluding hydrogens is 272 g/mol. The summed E-state index contributed by atoms with van der Waals surface area (Å²) < 4.78 is 5.25. The highest BCUT2D eigenvalue weighted by Gasteiger charge is 2.20. The lowest BCUT2D eigenvalue weighted by atomic mass is 10.0. The van der Waals surface area contributed by atoms with Gasteiger partial charge in [-0.05, 0) is 30.9 Å². The topological polar surface area (TPSA) is 24.5 Å². The third kappa shape index (κ3) is 4.29. The van der Waals surface area contributed by atoms with Crippen LogP contribution in [0.1, 0.15) is 26.7 Å². The van der Waals surface area contributed by atoms with E-state index < -0.39 is 0 Å². The van der Waals surface area contributed by atoms with Crippen molar-refractivity contribution in [1.82, 2.24) is 4.90 Å². The molecule has 4 heteroatoms. The average molecular weight is 297 g/mol. The number of nitrogens with one attached hydrogen (secondary N) is 1. The summed E-state index contributed by atoms with van der Waals surface area (Å²) in [6, 6.07) is 6.25. The van der Waals surface area contributed by atoms with Crippen LogP contribution in [0.5, 0.6) is 5.75 Å². The molecule has 2 rings (SSSR count). The first kappa shape index (κ1) is 15.5. The number of halogens is 1. The van der Waals surface area contributed by atoms with Crippen LogP contribution in [0, 0.1) is 5.92 Å². The molecule has 0 spiro atoms. The van der Waals surface area contributed by atoms with Gasteiger partial charge in [0.1, 0.15) is 5.75 Å². The van der Waals surface area contributed by atoms with Crippen LogP contribution in [0.2, 0.25) is 5.02 Å². The molecule has 1 N–H and O–H groups in total. The molecular formula is C16H25ClN2O. The number of piperidine rings is 1. The van der Waals surface area contributed by atoms with E-state index in [1.54, 1.807) is 7.11 Å². The van der Waals surface area contributed by atoms with Gasteiger partial charge in [-0.2, -0.15) is 0 Å². The molecule has 20 heavy (non-hydrogen) atoms. The van der Waals surface area contributed by atoms with Gasteiger partial charge in [0.15, 0.2) is 0 Å². The van der Waals surface area contributed by atoms with Crippen molar-refractivity contribution in [1.29, 1.82) is 0 Å². The number of likely N-dealkylation sites (tertiary alicyclic amines) is 1. The molecule has 3 nitrogen and oxygen atoms in total. The van der Waals surface area contributed by atoms with E-state index in [1.807, 2.05) is 18.2 Å². The minimum absolute atomic E-state index is 0.503. The number of methoxy groups -OCH3 is 1. The first-order chi connectivity index (χ1) is 9.58. The molecule has 0 saturated carbocycles. The first-order valence-corrected chi connectivity index (χ1v) is 7.78. The summed E-state index contributed by atoms with van der Waals surface area (Å²) in [4.78, 5) is 2.55. The quantitative estimate of drug-likeness (QED) is 0.892. The fourth-order valence-electron chi connectivity index (χ4n) is 2.74. The second-order valence-corrected chi connectivity index (χ2v) is 6.37. The Morgan fingerprint density at radius 3 is 2.65 bits per heavy atom. The maximum Gasteiger partial charge on any atom is 0.121 e. The van der Waals surface area contributed by atoms with Gasteiger partial charge in [0.25, 0.3) is 0 Å². The summed E-state index contributed by atoms with van der Waals surface area (Å²) in [6.45, 7) is 8.09. The summed E-state index contributed by atoms with van der Waals surface area (Å²) in [6.07, 6.45) is 2.33. The summed E-state index contributed by atoms with van der Waals surface area (Å²) in [5.74, 6) is 1.58. The Balaban J connectivity index is 1.89. The summed E-state index contributed by atoms with van der Waals surface area (Å²) >= 11 is 6.24. The third-order valence-electron chi connectivity index (χ3n) is 3.74. The third-order valence-corrected chi connectivity index (χ3v) is 4.07. The van der Waals surface area contributed by atoms with E-state index in [1.165, 1.54) is 19.4 Å². The molecule has 0 atom stereocenters. The van der Waals surface area contributed by atoms with Gasteiger partial charge in [0.05, 0.1) is 17.8 Å². The Morgan fingerprint density at radius 2 is 2.05 bits per heavy atom. The van der Waals surface area contributed by atoms with Gasteiger partial charge in [0, 0.05) is 31.7 Å². The molecule has 1 aromatic carbocycles. The minimum atomic E-state index is 0.503. The number of hydrogen-bond acceptors (Lipinski definition) is 3. The van der Waals surface area contributed by atoms with Crippen molar-refractivity contribution >= 4 is 17.3 Å². The molecule has 0 radical (unpaired) electrons. The SMILES string of the molecule is COc1ccc(Cl)c(NC2CCN(CC(C)C)CC2)c1. The smallest absolute Gasteiger partial charge is 0.121 e. The molecule has 1 heterocycles. The molecule has 112 valence electrons. The van der Waals surface area contributed by atoms with Crippen molar-refractivity contribution < 1.29 is 4.74 Å². The number of benzene rings is 1. The summed E-state index contributed by atoms with van der Waals surface area (Å²) in [7, 11) is 1.68. The van der Waals surface area contributed by atoms with Crippen LogP contribution < -0.4 is 10.1 Å². The number of ether oxygens (including phenoxy) is 1. The number of hydrogen-bond donors (Lipinski definition) is 1. The maximum atomic E-state index is 6.24. The van der Waals surface area contributed by atoms with Crippen molar-refractivity contribution in [2.45, 2.75) is 32.7 Å². The highest BCUT2D eigenvalue weighted by molar-refractivity contribution is 6.33. The molecule has 0 aliphatic carbocycles. The van der Waals surface area contributed by atoms with E-state index in [2.05, 4.69) is 24.1 Å². The predicted molar refractivity (Wildman–Crippen MR) is 85.9 cm³/mol. The Bertz CT molecular complexity index is 428. The van der Waals surface area contributed by atoms with Crippen LogP contribution in [0.4, 0.5) is 5.69 Å².